The molecule has 0 aliphatic carbocycles. The smallest absolute Gasteiger partial charge is 0.325 e. The zero-order valence-electron chi connectivity index (χ0n) is 13.3. The lowest BCUT2D eigenvalue weighted by Crippen LogP contribution is -2.31. The predicted molar refractivity (Wildman–Crippen MR) is 85.9 cm³/mol. The highest BCUT2D eigenvalue weighted by atomic mass is 19.1. The molecule has 0 aliphatic heterocycles. The van der Waals surface area contributed by atoms with Crippen LogP contribution in [0.4, 0.5) is 4.39 Å². The lowest BCUT2D eigenvalue weighted by Gasteiger charge is -2.08. The summed E-state index contributed by atoms with van der Waals surface area (Å²) in [7, 11) is 1.37. The second kappa shape index (κ2) is 8.67. The average molecular weight is 331 g/mol. The van der Waals surface area contributed by atoms with E-state index in [0.29, 0.717) is 5.56 Å². The number of carbonyl (C=O) groups is 2. The fourth-order valence-electron chi connectivity index (χ4n) is 2.03. The Kier molecular flexibility index (Phi) is 6.31. The Morgan fingerprint density at radius 2 is 1.83 bits per heavy atom. The van der Waals surface area contributed by atoms with Gasteiger partial charge in [0.2, 0.25) is 5.91 Å². The van der Waals surface area contributed by atoms with Gasteiger partial charge in [-0.15, -0.1) is 0 Å². The van der Waals surface area contributed by atoms with Gasteiger partial charge in [0.1, 0.15) is 13.2 Å². The van der Waals surface area contributed by atoms with Gasteiger partial charge in [0.05, 0.1) is 13.5 Å². The molecule has 0 saturated heterocycles. The van der Waals surface area contributed by atoms with Crippen LogP contribution in [-0.2, 0) is 27.4 Å². The first-order valence-corrected chi connectivity index (χ1v) is 7.37. The van der Waals surface area contributed by atoms with E-state index in [2.05, 4.69) is 5.32 Å². The van der Waals surface area contributed by atoms with Crippen LogP contribution in [0.15, 0.2) is 48.5 Å². The molecule has 0 spiro atoms. The molecule has 0 atom stereocenters. The van der Waals surface area contributed by atoms with Gasteiger partial charge in [0.25, 0.3) is 0 Å². The summed E-state index contributed by atoms with van der Waals surface area (Å²) in [5, 5.41) is 2.45. The maximum atomic E-state index is 13.5. The van der Waals surface area contributed by atoms with Gasteiger partial charge < -0.3 is 14.8 Å². The summed E-state index contributed by atoms with van der Waals surface area (Å²) >= 11 is 0. The predicted octanol–water partition coefficient (Wildman–Crippen LogP) is 2.24. The quantitative estimate of drug-likeness (QED) is 0.790. The van der Waals surface area contributed by atoms with Crippen molar-refractivity contribution in [2.75, 3.05) is 13.7 Å². The zero-order chi connectivity index (χ0) is 17.4. The molecule has 126 valence electrons. The first-order chi connectivity index (χ1) is 11.6. The van der Waals surface area contributed by atoms with E-state index >= 15 is 0 Å². The first-order valence-electron chi connectivity index (χ1n) is 7.37. The van der Waals surface area contributed by atoms with Gasteiger partial charge in [0.15, 0.2) is 11.6 Å². The van der Waals surface area contributed by atoms with Gasteiger partial charge in [-0.2, -0.15) is 0 Å². The van der Waals surface area contributed by atoms with Crippen LogP contribution in [-0.4, -0.2) is 25.5 Å². The van der Waals surface area contributed by atoms with Crippen LogP contribution < -0.4 is 10.1 Å². The van der Waals surface area contributed by atoms with Crippen LogP contribution in [0.1, 0.15) is 11.1 Å². The van der Waals surface area contributed by atoms with Crippen LogP contribution >= 0.6 is 0 Å². The van der Waals surface area contributed by atoms with Crippen LogP contribution in [0.3, 0.4) is 0 Å². The Hall–Kier alpha value is -2.89. The van der Waals surface area contributed by atoms with Crippen LogP contribution in [0.2, 0.25) is 0 Å². The molecule has 0 aliphatic rings. The number of methoxy groups -OCH3 is 1. The summed E-state index contributed by atoms with van der Waals surface area (Å²) < 4.78 is 23.4. The summed E-state index contributed by atoms with van der Waals surface area (Å²) in [5.41, 5.74) is 1.36. The number of esters is 1. The summed E-state index contributed by atoms with van der Waals surface area (Å²) in [6.45, 7) is -0.0798. The Bertz CT molecular complexity index is 703. The van der Waals surface area contributed by atoms with Crippen molar-refractivity contribution in [2.45, 2.75) is 13.0 Å². The molecule has 0 fully saturated rings. The Labute approximate surface area is 139 Å². The highest BCUT2D eigenvalue weighted by Gasteiger charge is 2.10. The number of halogens is 1. The highest BCUT2D eigenvalue weighted by Crippen LogP contribution is 2.17. The second-order valence-electron chi connectivity index (χ2n) is 5.07. The minimum absolute atomic E-state index is 0.0348. The number of hydrogen-bond donors (Lipinski definition) is 1. The van der Waals surface area contributed by atoms with Crippen molar-refractivity contribution in [3.8, 4) is 5.75 Å². The molecule has 0 bridgehead atoms. The molecule has 5 nitrogen and oxygen atoms in total. The molecular weight excluding hydrogens is 313 g/mol. The Balaban J connectivity index is 1.74. The van der Waals surface area contributed by atoms with E-state index in [0.717, 1.165) is 5.56 Å². The molecule has 6 heteroatoms. The number of ether oxygens (including phenoxy) is 2. The molecule has 2 aromatic carbocycles. The molecule has 0 aromatic heterocycles. The Morgan fingerprint density at radius 1 is 1.08 bits per heavy atom. The molecule has 0 saturated carbocycles. The molecule has 2 aromatic rings. The van der Waals surface area contributed by atoms with Crippen molar-refractivity contribution >= 4 is 11.9 Å². The number of carbonyl (C=O) groups excluding carboxylic acids is 2. The molecule has 24 heavy (non-hydrogen) atoms. The first kappa shape index (κ1) is 17.5. The molecular formula is C18H18FNO4. The van der Waals surface area contributed by atoms with Gasteiger partial charge in [-0.25, -0.2) is 4.39 Å². The zero-order valence-corrected chi connectivity index (χ0v) is 13.3. The largest absolute Gasteiger partial charge is 0.494 e. The minimum Gasteiger partial charge on any atom is -0.494 e. The number of rotatable bonds is 7. The number of benzene rings is 2. The number of nitrogens with one attached hydrogen (secondary N) is 1. The molecule has 0 unspecified atom stereocenters. The fraction of sp³-hybridized carbons (Fsp3) is 0.222. The topological polar surface area (TPSA) is 64.6 Å². The van der Waals surface area contributed by atoms with Gasteiger partial charge in [0, 0.05) is 0 Å². The van der Waals surface area contributed by atoms with Crippen molar-refractivity contribution < 1.29 is 23.5 Å². The van der Waals surface area contributed by atoms with Crippen molar-refractivity contribution in [3.05, 3.63) is 65.5 Å². The fourth-order valence-corrected chi connectivity index (χ4v) is 2.03. The molecule has 1 N–H and O–H groups in total. The van der Waals surface area contributed by atoms with Crippen molar-refractivity contribution in [2.24, 2.45) is 0 Å². The lowest BCUT2D eigenvalue weighted by molar-refractivity contribution is -0.145. The maximum Gasteiger partial charge on any atom is 0.325 e. The average Bonchev–Trinajstić information content (AvgIpc) is 2.59. The molecule has 1 amide bonds. The number of amides is 1. The molecule has 0 radical (unpaired) electrons. The number of hydrogen-bond acceptors (Lipinski definition) is 4. The second-order valence-corrected chi connectivity index (χ2v) is 5.07. The van der Waals surface area contributed by atoms with Gasteiger partial charge in [-0.05, 0) is 23.3 Å². The van der Waals surface area contributed by atoms with Gasteiger partial charge in [-0.3, -0.25) is 9.59 Å². The van der Waals surface area contributed by atoms with E-state index in [-0.39, 0.29) is 25.3 Å². The monoisotopic (exact) mass is 331 g/mol. The van der Waals surface area contributed by atoms with Gasteiger partial charge >= 0.3 is 5.97 Å². The van der Waals surface area contributed by atoms with Crippen molar-refractivity contribution in [3.63, 3.8) is 0 Å². The highest BCUT2D eigenvalue weighted by molar-refractivity contribution is 5.83. The third-order valence-electron chi connectivity index (χ3n) is 3.25. The van der Waals surface area contributed by atoms with Crippen LogP contribution in [0, 0.1) is 5.82 Å². The Morgan fingerprint density at radius 3 is 2.50 bits per heavy atom. The van der Waals surface area contributed by atoms with Gasteiger partial charge in [-0.1, -0.05) is 36.4 Å². The van der Waals surface area contributed by atoms with E-state index < -0.39 is 17.7 Å². The van der Waals surface area contributed by atoms with Crippen molar-refractivity contribution in [1.29, 1.82) is 0 Å². The van der Waals surface area contributed by atoms with E-state index in [9.17, 15) is 14.0 Å². The summed E-state index contributed by atoms with van der Waals surface area (Å²) in [6.07, 6.45) is -0.0348. The lowest BCUT2D eigenvalue weighted by atomic mass is 10.1. The van der Waals surface area contributed by atoms with E-state index in [1.807, 2.05) is 30.3 Å². The van der Waals surface area contributed by atoms with Crippen LogP contribution in [0.25, 0.3) is 0 Å². The summed E-state index contributed by atoms with van der Waals surface area (Å²) in [4.78, 5) is 23.4. The van der Waals surface area contributed by atoms with E-state index in [1.165, 1.54) is 19.2 Å². The SMILES string of the molecule is COc1ccc(CC(=O)NCC(=O)OCc2ccccc2)cc1F. The summed E-state index contributed by atoms with van der Waals surface area (Å²) in [5.74, 6) is -1.35. The standard InChI is InChI=1S/C18H18FNO4/c1-23-16-8-7-14(9-15(16)19)10-17(21)20-11-18(22)24-12-13-5-3-2-4-6-13/h2-9H,10-12H2,1H3,(H,20,21). The summed E-state index contributed by atoms with van der Waals surface area (Å²) in [6, 6.07) is 13.5. The molecule has 2 rings (SSSR count). The third kappa shape index (κ3) is 5.39. The molecule has 0 heterocycles. The van der Waals surface area contributed by atoms with E-state index in [4.69, 9.17) is 9.47 Å². The van der Waals surface area contributed by atoms with E-state index in [1.54, 1.807) is 6.07 Å². The normalized spacial score (nSPS) is 10.1. The van der Waals surface area contributed by atoms with Crippen molar-refractivity contribution in [1.82, 2.24) is 5.32 Å². The third-order valence-corrected chi connectivity index (χ3v) is 3.25. The minimum atomic E-state index is -0.537. The van der Waals surface area contributed by atoms with Crippen LogP contribution in [0.5, 0.6) is 5.75 Å². The maximum absolute atomic E-state index is 13.5.